The van der Waals surface area contributed by atoms with Crippen LogP contribution in [0.3, 0.4) is 0 Å². The molecule has 0 saturated heterocycles. The molecule has 0 saturated carbocycles. The van der Waals surface area contributed by atoms with E-state index < -0.39 is 16.2 Å². The summed E-state index contributed by atoms with van der Waals surface area (Å²) >= 11 is 0. The molecular formula is C19H20N6O3. The van der Waals surface area contributed by atoms with Gasteiger partial charge in [-0.3, -0.25) is 24.5 Å². The minimum absolute atomic E-state index is 0.00497. The van der Waals surface area contributed by atoms with Gasteiger partial charge in [0.05, 0.1) is 4.92 Å². The molecule has 0 amide bonds. The van der Waals surface area contributed by atoms with Gasteiger partial charge in [0.2, 0.25) is 5.95 Å². The maximum atomic E-state index is 12.6. The number of hydrogen-bond acceptors (Lipinski definition) is 7. The Labute approximate surface area is 161 Å². The average Bonchev–Trinajstić information content (AvgIpc) is 2.70. The fourth-order valence-electron chi connectivity index (χ4n) is 2.84. The Kier molecular flexibility index (Phi) is 5.75. The maximum Gasteiger partial charge on any atom is 0.360 e. The second-order valence-corrected chi connectivity index (χ2v) is 6.32. The Morgan fingerprint density at radius 1 is 1.21 bits per heavy atom. The van der Waals surface area contributed by atoms with E-state index in [0.29, 0.717) is 18.5 Å². The molecule has 0 fully saturated rings. The van der Waals surface area contributed by atoms with Gasteiger partial charge in [-0.25, -0.2) is 4.98 Å². The molecular weight excluding hydrogens is 360 g/mol. The number of pyridine rings is 1. The Morgan fingerprint density at radius 2 is 1.89 bits per heavy atom. The van der Waals surface area contributed by atoms with Crippen LogP contribution in [0.1, 0.15) is 5.56 Å². The fraction of sp³-hybridized carbons (Fsp3) is 0.211. The van der Waals surface area contributed by atoms with Gasteiger partial charge < -0.3 is 11.1 Å². The number of nitrogens with zero attached hydrogens (tertiary/aromatic N) is 4. The van der Waals surface area contributed by atoms with Crippen molar-refractivity contribution in [2.24, 2.45) is 12.8 Å². The number of rotatable bonds is 7. The molecule has 28 heavy (non-hydrogen) atoms. The summed E-state index contributed by atoms with van der Waals surface area (Å²) in [6, 6.07) is 12.7. The molecule has 3 rings (SSSR count). The quantitative estimate of drug-likeness (QED) is 0.472. The van der Waals surface area contributed by atoms with Crippen LogP contribution in [0.25, 0.3) is 11.3 Å². The van der Waals surface area contributed by atoms with Gasteiger partial charge in [0.15, 0.2) is 5.69 Å². The van der Waals surface area contributed by atoms with E-state index in [1.54, 1.807) is 12.1 Å². The van der Waals surface area contributed by atoms with Crippen LogP contribution < -0.4 is 16.6 Å². The van der Waals surface area contributed by atoms with E-state index in [9.17, 15) is 14.9 Å². The van der Waals surface area contributed by atoms with Crippen molar-refractivity contribution in [2.75, 3.05) is 11.9 Å². The summed E-state index contributed by atoms with van der Waals surface area (Å²) in [6.45, 7) is 0.350. The third-order valence-corrected chi connectivity index (χ3v) is 4.27. The summed E-state index contributed by atoms with van der Waals surface area (Å²) in [6.07, 6.45) is 3.62. The molecule has 0 radical (unpaired) electrons. The van der Waals surface area contributed by atoms with E-state index in [4.69, 9.17) is 5.73 Å². The van der Waals surface area contributed by atoms with Crippen molar-refractivity contribution in [1.82, 2.24) is 14.5 Å². The van der Waals surface area contributed by atoms with E-state index in [1.807, 2.05) is 30.3 Å². The topological polar surface area (TPSA) is 129 Å². The van der Waals surface area contributed by atoms with Crippen molar-refractivity contribution >= 4 is 11.6 Å². The van der Waals surface area contributed by atoms with Crippen molar-refractivity contribution in [3.63, 3.8) is 0 Å². The highest BCUT2D eigenvalue weighted by Gasteiger charge is 2.25. The lowest BCUT2D eigenvalue weighted by Gasteiger charge is -2.16. The summed E-state index contributed by atoms with van der Waals surface area (Å²) in [5.74, 6) is 0.214. The third kappa shape index (κ3) is 4.21. The zero-order valence-corrected chi connectivity index (χ0v) is 15.3. The molecule has 0 bridgehead atoms. The van der Waals surface area contributed by atoms with Gasteiger partial charge in [-0.15, -0.1) is 0 Å². The van der Waals surface area contributed by atoms with Crippen LogP contribution >= 0.6 is 0 Å². The van der Waals surface area contributed by atoms with Crippen molar-refractivity contribution < 1.29 is 4.92 Å². The average molecular weight is 380 g/mol. The summed E-state index contributed by atoms with van der Waals surface area (Å²) in [4.78, 5) is 31.5. The second-order valence-electron chi connectivity index (χ2n) is 6.32. The zero-order valence-electron chi connectivity index (χ0n) is 15.3. The van der Waals surface area contributed by atoms with E-state index in [0.717, 1.165) is 10.1 Å². The van der Waals surface area contributed by atoms with Gasteiger partial charge in [-0.2, -0.15) is 0 Å². The van der Waals surface area contributed by atoms with Gasteiger partial charge in [0, 0.05) is 37.6 Å². The Hall–Kier alpha value is -3.59. The lowest BCUT2D eigenvalue weighted by molar-refractivity contribution is -0.386. The Bertz CT molecular complexity index is 1020. The molecule has 0 aliphatic rings. The lowest BCUT2D eigenvalue weighted by atomic mass is 10.1. The molecule has 0 aliphatic heterocycles. The van der Waals surface area contributed by atoms with Crippen molar-refractivity contribution in [2.45, 2.75) is 12.5 Å². The zero-order chi connectivity index (χ0) is 20.1. The fourth-order valence-corrected chi connectivity index (χ4v) is 2.84. The van der Waals surface area contributed by atoms with Gasteiger partial charge in [-0.1, -0.05) is 30.3 Å². The molecule has 3 aromatic rings. The molecule has 9 nitrogen and oxygen atoms in total. The normalized spacial score (nSPS) is 11.8. The number of nitrogens with one attached hydrogen (secondary N) is 1. The molecule has 0 unspecified atom stereocenters. The molecule has 2 heterocycles. The maximum absolute atomic E-state index is 12.6. The first-order valence-corrected chi connectivity index (χ1v) is 8.66. The van der Waals surface area contributed by atoms with Gasteiger partial charge in [-0.05, 0) is 24.1 Å². The molecule has 1 atom stereocenters. The van der Waals surface area contributed by atoms with Crippen LogP contribution in [0.5, 0.6) is 0 Å². The van der Waals surface area contributed by atoms with E-state index >= 15 is 0 Å². The molecule has 3 N–H and O–H groups in total. The van der Waals surface area contributed by atoms with Gasteiger partial charge >= 0.3 is 11.2 Å². The van der Waals surface area contributed by atoms with Crippen LogP contribution in [0.15, 0.2) is 59.7 Å². The first kappa shape index (κ1) is 19.2. The predicted octanol–water partition coefficient (Wildman–Crippen LogP) is 1.73. The number of aromatic nitrogens is 3. The number of hydrogen-bond donors (Lipinski definition) is 2. The van der Waals surface area contributed by atoms with E-state index in [1.165, 1.54) is 19.4 Å². The second kappa shape index (κ2) is 8.40. The van der Waals surface area contributed by atoms with Gasteiger partial charge in [0.25, 0.3) is 0 Å². The van der Waals surface area contributed by atoms with Crippen LogP contribution in [-0.2, 0) is 13.5 Å². The van der Waals surface area contributed by atoms with E-state index in [2.05, 4.69) is 15.3 Å². The summed E-state index contributed by atoms with van der Waals surface area (Å²) in [5.41, 5.74) is 6.39. The Balaban J connectivity index is 1.88. The number of anilines is 1. The number of nitro groups is 1. The van der Waals surface area contributed by atoms with Crippen LogP contribution in [0.4, 0.5) is 11.6 Å². The molecule has 9 heteroatoms. The monoisotopic (exact) mass is 380 g/mol. The molecule has 0 aliphatic carbocycles. The minimum Gasteiger partial charge on any atom is -0.354 e. The highest BCUT2D eigenvalue weighted by molar-refractivity contribution is 5.69. The third-order valence-electron chi connectivity index (χ3n) is 4.27. The smallest absolute Gasteiger partial charge is 0.354 e. The van der Waals surface area contributed by atoms with Crippen molar-refractivity contribution in [1.29, 1.82) is 0 Å². The summed E-state index contributed by atoms with van der Waals surface area (Å²) in [5, 5.41) is 14.5. The highest BCUT2D eigenvalue weighted by Crippen LogP contribution is 2.25. The largest absolute Gasteiger partial charge is 0.360 e. The number of nitrogens with two attached hydrogens (primary N) is 1. The summed E-state index contributed by atoms with van der Waals surface area (Å²) in [7, 11) is 1.43. The molecule has 144 valence electrons. The number of benzene rings is 1. The first-order chi connectivity index (χ1) is 13.5. The van der Waals surface area contributed by atoms with E-state index in [-0.39, 0.29) is 17.7 Å². The molecule has 2 aromatic heterocycles. The molecule has 0 spiro atoms. The minimum atomic E-state index is -0.744. The predicted molar refractivity (Wildman–Crippen MR) is 106 cm³/mol. The van der Waals surface area contributed by atoms with Crippen molar-refractivity contribution in [3.05, 3.63) is 80.9 Å². The van der Waals surface area contributed by atoms with Crippen LogP contribution in [0.2, 0.25) is 0 Å². The standard InChI is InChI=1S/C19H20N6O3/c1-24-18(26)17(25(27)28)16(14-7-9-21-10-8-14)23-19(24)22-12-15(20)11-13-5-3-2-4-6-13/h2-10,15H,11-12,20H2,1H3,(H,22,23)/t15-/m1/s1. The lowest BCUT2D eigenvalue weighted by Crippen LogP contribution is -2.34. The SMILES string of the molecule is Cn1c(NC[C@H](N)Cc2ccccc2)nc(-c2ccncc2)c([N+](=O)[O-])c1=O. The first-order valence-electron chi connectivity index (χ1n) is 8.66. The molecule has 1 aromatic carbocycles. The Morgan fingerprint density at radius 3 is 2.54 bits per heavy atom. The van der Waals surface area contributed by atoms with Crippen molar-refractivity contribution in [3.8, 4) is 11.3 Å². The van der Waals surface area contributed by atoms with Gasteiger partial charge in [0.1, 0.15) is 0 Å². The van der Waals surface area contributed by atoms with Crippen LogP contribution in [0, 0.1) is 10.1 Å². The van der Waals surface area contributed by atoms with Crippen LogP contribution in [-0.4, -0.2) is 32.0 Å². The summed E-state index contributed by atoms with van der Waals surface area (Å²) < 4.78 is 1.12. The highest BCUT2D eigenvalue weighted by atomic mass is 16.6.